The first-order valence-electron chi connectivity index (χ1n) is 5.30. The van der Waals surface area contributed by atoms with Gasteiger partial charge < -0.3 is 9.47 Å². The van der Waals surface area contributed by atoms with Gasteiger partial charge in [0.05, 0.1) is 0 Å². The Hall–Kier alpha value is -1.58. The van der Waals surface area contributed by atoms with Gasteiger partial charge in [0, 0.05) is 18.6 Å². The van der Waals surface area contributed by atoms with Gasteiger partial charge in [-0.1, -0.05) is 19.1 Å². The molecule has 4 heteroatoms. The zero-order valence-electron chi connectivity index (χ0n) is 9.93. The van der Waals surface area contributed by atoms with Crippen molar-refractivity contribution in [2.24, 2.45) is 0 Å². The summed E-state index contributed by atoms with van der Waals surface area (Å²) in [4.78, 5) is 22.3. The normalized spacial score (nSPS) is 12.9. The molecule has 0 saturated heterocycles. The molecule has 0 atom stereocenters. The van der Waals surface area contributed by atoms with E-state index in [0.29, 0.717) is 6.42 Å². The van der Waals surface area contributed by atoms with E-state index in [2.05, 4.69) is 0 Å². The standard InChI is InChI=1S/C12H18O4/c1-4-7-10(13)15-12(9-6-3)16-11(14)8-5-2/h4-5,7-8,12H,6,9H2,1-3H3. The zero-order valence-corrected chi connectivity index (χ0v) is 9.93. The SMILES string of the molecule is CC=CC(=O)OC(CCC)OC(=O)C=CC. The molecule has 0 aromatic heterocycles. The van der Waals surface area contributed by atoms with E-state index in [1.807, 2.05) is 6.92 Å². The lowest BCUT2D eigenvalue weighted by Crippen LogP contribution is -2.22. The molecule has 0 bridgehead atoms. The number of hydrogen-bond donors (Lipinski definition) is 0. The molecule has 0 aliphatic rings. The second-order valence-electron chi connectivity index (χ2n) is 3.09. The van der Waals surface area contributed by atoms with Crippen LogP contribution in [0.4, 0.5) is 0 Å². The van der Waals surface area contributed by atoms with Crippen molar-refractivity contribution >= 4 is 11.9 Å². The minimum Gasteiger partial charge on any atom is -0.422 e. The summed E-state index contributed by atoms with van der Waals surface area (Å²) < 4.78 is 9.89. The Morgan fingerprint density at radius 1 is 1.06 bits per heavy atom. The monoisotopic (exact) mass is 226 g/mol. The molecule has 16 heavy (non-hydrogen) atoms. The van der Waals surface area contributed by atoms with Gasteiger partial charge in [-0.15, -0.1) is 0 Å². The second-order valence-corrected chi connectivity index (χ2v) is 3.09. The van der Waals surface area contributed by atoms with E-state index in [1.165, 1.54) is 12.2 Å². The van der Waals surface area contributed by atoms with Crippen molar-refractivity contribution in [2.45, 2.75) is 39.9 Å². The smallest absolute Gasteiger partial charge is 0.333 e. The van der Waals surface area contributed by atoms with Crippen LogP contribution in [0.1, 0.15) is 33.6 Å². The summed E-state index contributed by atoms with van der Waals surface area (Å²) >= 11 is 0. The highest BCUT2D eigenvalue weighted by atomic mass is 16.7. The molecular weight excluding hydrogens is 208 g/mol. The number of hydrogen-bond acceptors (Lipinski definition) is 4. The maximum atomic E-state index is 11.1. The molecule has 0 aromatic rings. The Labute approximate surface area is 95.9 Å². The predicted octanol–water partition coefficient (Wildman–Crippen LogP) is 2.35. The van der Waals surface area contributed by atoms with Gasteiger partial charge in [0.25, 0.3) is 0 Å². The van der Waals surface area contributed by atoms with E-state index in [1.54, 1.807) is 26.0 Å². The lowest BCUT2D eigenvalue weighted by Gasteiger charge is -2.15. The van der Waals surface area contributed by atoms with Crippen LogP contribution >= 0.6 is 0 Å². The fourth-order valence-electron chi connectivity index (χ4n) is 0.987. The van der Waals surface area contributed by atoms with Gasteiger partial charge in [0.2, 0.25) is 6.29 Å². The van der Waals surface area contributed by atoms with E-state index < -0.39 is 18.2 Å². The molecule has 0 radical (unpaired) electrons. The molecule has 0 aliphatic carbocycles. The molecule has 0 amide bonds. The van der Waals surface area contributed by atoms with Crippen molar-refractivity contribution in [1.29, 1.82) is 0 Å². The van der Waals surface area contributed by atoms with Gasteiger partial charge in [-0.25, -0.2) is 9.59 Å². The lowest BCUT2D eigenvalue weighted by molar-refractivity contribution is -0.181. The van der Waals surface area contributed by atoms with Crippen molar-refractivity contribution in [1.82, 2.24) is 0 Å². The summed E-state index contributed by atoms with van der Waals surface area (Å²) in [6, 6.07) is 0. The number of carbonyl (C=O) groups excluding carboxylic acids is 2. The van der Waals surface area contributed by atoms with Crippen LogP contribution in [0.2, 0.25) is 0 Å². The first-order chi connectivity index (χ1) is 7.63. The molecule has 0 heterocycles. The summed E-state index contributed by atoms with van der Waals surface area (Å²) in [5.41, 5.74) is 0. The minimum absolute atomic E-state index is 0.493. The average molecular weight is 226 g/mol. The van der Waals surface area contributed by atoms with E-state index >= 15 is 0 Å². The van der Waals surface area contributed by atoms with Crippen LogP contribution < -0.4 is 0 Å². The Morgan fingerprint density at radius 2 is 1.50 bits per heavy atom. The lowest BCUT2D eigenvalue weighted by atomic mass is 10.3. The van der Waals surface area contributed by atoms with E-state index in [4.69, 9.17) is 9.47 Å². The quantitative estimate of drug-likeness (QED) is 0.396. The number of rotatable bonds is 6. The highest BCUT2D eigenvalue weighted by Gasteiger charge is 2.15. The zero-order chi connectivity index (χ0) is 12.4. The Bertz CT molecular complexity index is 253. The maximum Gasteiger partial charge on any atom is 0.333 e. The Morgan fingerprint density at radius 3 is 1.81 bits per heavy atom. The van der Waals surface area contributed by atoms with Crippen molar-refractivity contribution in [3.63, 3.8) is 0 Å². The van der Waals surface area contributed by atoms with Crippen LogP contribution in [-0.2, 0) is 19.1 Å². The highest BCUT2D eigenvalue weighted by molar-refractivity contribution is 5.83. The third-order valence-electron chi connectivity index (χ3n) is 1.63. The predicted molar refractivity (Wildman–Crippen MR) is 60.5 cm³/mol. The van der Waals surface area contributed by atoms with Crippen molar-refractivity contribution < 1.29 is 19.1 Å². The first-order valence-corrected chi connectivity index (χ1v) is 5.30. The second kappa shape index (κ2) is 8.71. The number of esters is 2. The molecular formula is C12H18O4. The summed E-state index contributed by atoms with van der Waals surface area (Å²) in [6.07, 6.45) is 6.15. The molecule has 0 saturated carbocycles. The molecule has 4 nitrogen and oxygen atoms in total. The molecule has 0 N–H and O–H groups in total. The molecule has 0 aromatic carbocycles. The Balaban J connectivity index is 4.26. The largest absolute Gasteiger partial charge is 0.422 e. The maximum absolute atomic E-state index is 11.1. The third kappa shape index (κ3) is 6.81. The molecule has 90 valence electrons. The van der Waals surface area contributed by atoms with E-state index in [0.717, 1.165) is 6.42 Å². The third-order valence-corrected chi connectivity index (χ3v) is 1.63. The summed E-state index contributed by atoms with van der Waals surface area (Å²) in [7, 11) is 0. The summed E-state index contributed by atoms with van der Waals surface area (Å²) in [5.74, 6) is -1.01. The molecule has 0 fully saturated rings. The van der Waals surface area contributed by atoms with E-state index in [9.17, 15) is 9.59 Å². The van der Waals surface area contributed by atoms with Crippen LogP contribution in [-0.4, -0.2) is 18.2 Å². The van der Waals surface area contributed by atoms with Crippen molar-refractivity contribution in [3.8, 4) is 0 Å². The molecule has 0 rings (SSSR count). The topological polar surface area (TPSA) is 52.6 Å². The van der Waals surface area contributed by atoms with Gasteiger partial charge in [-0.05, 0) is 20.3 Å². The van der Waals surface area contributed by atoms with Crippen LogP contribution in [0, 0.1) is 0 Å². The van der Waals surface area contributed by atoms with Crippen LogP contribution in [0.5, 0.6) is 0 Å². The summed E-state index contributed by atoms with van der Waals surface area (Å²) in [5, 5.41) is 0. The molecule has 0 spiro atoms. The Kier molecular flexibility index (Phi) is 7.85. The van der Waals surface area contributed by atoms with Gasteiger partial charge in [-0.2, -0.15) is 0 Å². The van der Waals surface area contributed by atoms with Crippen LogP contribution in [0.25, 0.3) is 0 Å². The van der Waals surface area contributed by atoms with Crippen molar-refractivity contribution in [2.75, 3.05) is 0 Å². The fraction of sp³-hybridized carbons (Fsp3) is 0.500. The summed E-state index contributed by atoms with van der Waals surface area (Å²) in [6.45, 7) is 5.34. The number of carbonyl (C=O) groups is 2. The highest BCUT2D eigenvalue weighted by Crippen LogP contribution is 2.06. The number of allylic oxidation sites excluding steroid dienone is 2. The van der Waals surface area contributed by atoms with E-state index in [-0.39, 0.29) is 0 Å². The average Bonchev–Trinajstić information content (AvgIpc) is 2.18. The fourth-order valence-corrected chi connectivity index (χ4v) is 0.987. The van der Waals surface area contributed by atoms with Crippen LogP contribution in [0.3, 0.4) is 0 Å². The van der Waals surface area contributed by atoms with Crippen molar-refractivity contribution in [3.05, 3.63) is 24.3 Å². The minimum atomic E-state index is -0.808. The first kappa shape index (κ1) is 14.4. The van der Waals surface area contributed by atoms with Gasteiger partial charge in [0.1, 0.15) is 0 Å². The number of ether oxygens (including phenoxy) is 2. The molecule has 0 unspecified atom stereocenters. The van der Waals surface area contributed by atoms with Gasteiger partial charge in [-0.3, -0.25) is 0 Å². The van der Waals surface area contributed by atoms with Gasteiger partial charge in [0.15, 0.2) is 0 Å². The molecule has 0 aliphatic heterocycles. The van der Waals surface area contributed by atoms with Gasteiger partial charge >= 0.3 is 11.9 Å². The van der Waals surface area contributed by atoms with Crippen LogP contribution in [0.15, 0.2) is 24.3 Å².